The van der Waals surface area contributed by atoms with Gasteiger partial charge in [-0.15, -0.1) is 35.7 Å². The summed E-state index contributed by atoms with van der Waals surface area (Å²) in [6, 6.07) is 32.2. The molecule has 0 radical (unpaired) electrons. The Labute approximate surface area is 336 Å². The number of aryl methyl sites for hydroxylation is 1. The molecule has 0 aliphatic carbocycles. The van der Waals surface area contributed by atoms with Gasteiger partial charge in [-0.05, 0) is 106 Å². The smallest absolute Gasteiger partial charge is 0.509 e. The van der Waals surface area contributed by atoms with Crippen molar-refractivity contribution in [2.24, 2.45) is 11.8 Å². The maximum atomic E-state index is 6.48. The zero-order chi connectivity index (χ0) is 37.6. The van der Waals surface area contributed by atoms with Gasteiger partial charge in [0.2, 0.25) is 0 Å². The van der Waals surface area contributed by atoms with Gasteiger partial charge in [0.05, 0.1) is 6.20 Å². The van der Waals surface area contributed by atoms with E-state index in [0.717, 1.165) is 57.3 Å². The van der Waals surface area contributed by atoms with Crippen molar-refractivity contribution < 1.29 is 25.8 Å². The Kier molecular flexibility index (Phi) is 11.4. The minimum atomic E-state index is -0.0414. The Morgan fingerprint density at radius 1 is 0.778 bits per heavy atom. The van der Waals surface area contributed by atoms with Crippen LogP contribution in [0, 0.1) is 30.9 Å². The average molecular weight is 896 g/mol. The van der Waals surface area contributed by atoms with E-state index in [2.05, 4.69) is 135 Å². The Morgan fingerprint density at radius 3 is 2.20 bits per heavy atom. The number of nitrogens with zero attached hydrogens (tertiary/aromatic N) is 4. The zero-order valence-corrected chi connectivity index (χ0v) is 35.6. The summed E-state index contributed by atoms with van der Waals surface area (Å²) in [7, 11) is 0. The molecule has 54 heavy (non-hydrogen) atoms. The maximum absolute atomic E-state index is 6.48. The fraction of sp³-hybridized carbons (Fsp3) is 0.333. The van der Waals surface area contributed by atoms with E-state index in [0.29, 0.717) is 29.3 Å². The normalized spacial score (nSPS) is 12.0. The van der Waals surface area contributed by atoms with Crippen molar-refractivity contribution in [1.82, 2.24) is 19.3 Å². The third-order valence-corrected chi connectivity index (χ3v) is 9.90. The molecule has 4 aromatic carbocycles. The second-order valence-corrected chi connectivity index (χ2v) is 16.8. The molecule has 0 amide bonds. The second-order valence-electron chi connectivity index (χ2n) is 16.8. The number of hydrogen-bond donors (Lipinski definition) is 0. The first-order valence-electron chi connectivity index (χ1n) is 19.1. The van der Waals surface area contributed by atoms with Gasteiger partial charge in [0, 0.05) is 35.0 Å². The van der Waals surface area contributed by atoms with Crippen molar-refractivity contribution in [3.05, 3.63) is 131 Å². The van der Waals surface area contributed by atoms with Crippen molar-refractivity contribution in [2.75, 3.05) is 0 Å². The molecule has 0 aliphatic heterocycles. The molecular formula is C48H52N4OPt. The Hall–Kier alpha value is -4.47. The first-order valence-corrected chi connectivity index (χ1v) is 19.1. The van der Waals surface area contributed by atoms with Crippen LogP contribution in [-0.4, -0.2) is 19.3 Å². The molecule has 7 rings (SSSR count). The van der Waals surface area contributed by atoms with Crippen molar-refractivity contribution in [1.29, 1.82) is 0 Å². The van der Waals surface area contributed by atoms with Gasteiger partial charge in [0.15, 0.2) is 0 Å². The van der Waals surface area contributed by atoms with E-state index in [-0.39, 0.29) is 26.5 Å². The summed E-state index contributed by atoms with van der Waals surface area (Å²) < 4.78 is 10.6. The number of hydrogen-bond acceptors (Lipinski definition) is 3. The molecule has 7 aromatic rings. The standard InChI is InChI=1S/C48H52N4O.Pt/c1-30(2)22-34-25-35(23-31(3)4)47(48(8,9)10)46(45(34)32(5)6)36-28-50-51(29-36)37-14-13-15-38(26-37)53-39-18-19-41-40-16-11-12-17-42(40)52(43(41)27-39)44-24-33(7)20-21-49-44;/h11-21,24-25,28-32H,22-23H2,1-10H3;/q-2;+2. The molecule has 3 heterocycles. The van der Waals surface area contributed by atoms with Crippen LogP contribution < -0.4 is 4.74 Å². The number of para-hydroxylation sites is 1. The van der Waals surface area contributed by atoms with Gasteiger partial charge < -0.3 is 9.30 Å². The minimum absolute atomic E-state index is 0. The van der Waals surface area contributed by atoms with Crippen molar-refractivity contribution in [3.63, 3.8) is 0 Å². The van der Waals surface area contributed by atoms with Gasteiger partial charge in [0.1, 0.15) is 5.82 Å². The van der Waals surface area contributed by atoms with Gasteiger partial charge in [0.25, 0.3) is 0 Å². The van der Waals surface area contributed by atoms with E-state index in [1.54, 1.807) is 0 Å². The van der Waals surface area contributed by atoms with Crippen LogP contribution in [0.1, 0.15) is 96.0 Å². The summed E-state index contributed by atoms with van der Waals surface area (Å²) >= 11 is 0. The number of aromatic nitrogens is 4. The van der Waals surface area contributed by atoms with E-state index < -0.39 is 0 Å². The molecule has 5 nitrogen and oxygen atoms in total. The third kappa shape index (κ3) is 7.84. The molecule has 0 spiro atoms. The van der Waals surface area contributed by atoms with Crippen LogP contribution >= 0.6 is 0 Å². The van der Waals surface area contributed by atoms with E-state index >= 15 is 0 Å². The number of fused-ring (bicyclic) bond motifs is 3. The molecule has 6 heteroatoms. The fourth-order valence-electron chi connectivity index (χ4n) is 7.99. The molecule has 0 unspecified atom stereocenters. The second kappa shape index (κ2) is 15.7. The van der Waals surface area contributed by atoms with Crippen LogP contribution in [0.25, 0.3) is 44.4 Å². The predicted octanol–water partition coefficient (Wildman–Crippen LogP) is 12.5. The first kappa shape index (κ1) is 39.2. The summed E-state index contributed by atoms with van der Waals surface area (Å²) in [5.74, 6) is 3.56. The molecule has 3 aromatic heterocycles. The summed E-state index contributed by atoms with van der Waals surface area (Å²) in [6.45, 7) is 23.1. The van der Waals surface area contributed by atoms with Gasteiger partial charge in [-0.2, -0.15) is 17.2 Å². The summed E-state index contributed by atoms with van der Waals surface area (Å²) in [6.07, 6.45) is 8.18. The fourth-order valence-corrected chi connectivity index (χ4v) is 7.99. The molecular weight excluding hydrogens is 844 g/mol. The van der Waals surface area contributed by atoms with Crippen LogP contribution in [-0.2, 0) is 39.3 Å². The third-order valence-electron chi connectivity index (χ3n) is 9.90. The van der Waals surface area contributed by atoms with Gasteiger partial charge >= 0.3 is 21.1 Å². The summed E-state index contributed by atoms with van der Waals surface area (Å²) in [4.78, 5) is 4.72. The first-order chi connectivity index (χ1) is 25.3. The minimum Gasteiger partial charge on any atom is -0.509 e. The Morgan fingerprint density at radius 2 is 1.50 bits per heavy atom. The number of rotatable bonds is 10. The summed E-state index contributed by atoms with van der Waals surface area (Å²) in [5.41, 5.74) is 12.2. The van der Waals surface area contributed by atoms with Crippen LogP contribution in [0.2, 0.25) is 0 Å². The van der Waals surface area contributed by atoms with Crippen molar-refractivity contribution in [2.45, 2.75) is 93.4 Å². The monoisotopic (exact) mass is 895 g/mol. The molecule has 0 atom stereocenters. The SMILES string of the molecule is Cc1ccnc(-n2c3[c-]c(Oc4[c-]c(-n5cc(-c6c(C(C)C)c(CC(C)C)cc(CC(C)C)c6C(C)(C)C)cn5)ccc4)ccc3c3ccccc32)c1.[Pt+2]. The molecule has 0 saturated heterocycles. The van der Waals surface area contributed by atoms with Crippen LogP contribution in [0.15, 0.2) is 91.4 Å². The molecule has 0 saturated carbocycles. The predicted molar refractivity (Wildman–Crippen MR) is 220 cm³/mol. The van der Waals surface area contributed by atoms with Crippen LogP contribution in [0.4, 0.5) is 0 Å². The molecule has 0 bridgehead atoms. The van der Waals surface area contributed by atoms with Gasteiger partial charge in [-0.3, -0.25) is 4.68 Å². The maximum Gasteiger partial charge on any atom is 2.00 e. The largest absolute Gasteiger partial charge is 2.00 e. The van der Waals surface area contributed by atoms with E-state index in [9.17, 15) is 0 Å². The zero-order valence-electron chi connectivity index (χ0n) is 33.3. The van der Waals surface area contributed by atoms with Crippen molar-refractivity contribution >= 4 is 21.8 Å². The topological polar surface area (TPSA) is 44.9 Å². The van der Waals surface area contributed by atoms with Crippen LogP contribution in [0.5, 0.6) is 11.5 Å². The summed E-state index contributed by atoms with van der Waals surface area (Å²) in [5, 5.41) is 7.20. The average Bonchev–Trinajstić information content (AvgIpc) is 3.70. The van der Waals surface area contributed by atoms with Gasteiger partial charge in [-0.25, -0.2) is 4.98 Å². The van der Waals surface area contributed by atoms with E-state index in [1.165, 1.54) is 27.8 Å². The number of benzene rings is 4. The Balaban J connectivity index is 0.00000497. The quantitative estimate of drug-likeness (QED) is 0.129. The molecule has 0 N–H and O–H groups in total. The van der Waals surface area contributed by atoms with E-state index in [1.807, 2.05) is 47.4 Å². The molecule has 0 aliphatic rings. The van der Waals surface area contributed by atoms with Crippen molar-refractivity contribution in [3.8, 4) is 34.1 Å². The molecule has 0 fully saturated rings. The molecule has 280 valence electrons. The van der Waals surface area contributed by atoms with E-state index in [4.69, 9.17) is 14.8 Å². The van der Waals surface area contributed by atoms with Crippen LogP contribution in [0.3, 0.4) is 0 Å². The number of pyridine rings is 1. The Bertz CT molecular complexity index is 2420. The van der Waals surface area contributed by atoms with Gasteiger partial charge in [-0.1, -0.05) is 92.1 Å². The number of ether oxygens (including phenoxy) is 1.